The molecular weight excluding hydrogens is 329 g/mol. The maximum absolute atomic E-state index is 12.9. The predicted molar refractivity (Wildman–Crippen MR) is 82.6 cm³/mol. The minimum Gasteiger partial charge on any atom is -0.370 e. The number of hydrogen-bond acceptors (Lipinski definition) is 1. The van der Waals surface area contributed by atoms with Crippen LogP contribution in [-0.2, 0) is 11.9 Å². The summed E-state index contributed by atoms with van der Waals surface area (Å²) in [5.41, 5.74) is 3.20. The highest BCUT2D eigenvalue weighted by Gasteiger charge is 2.10. The van der Waals surface area contributed by atoms with Crippen LogP contribution in [0.15, 0.2) is 42.5 Å². The highest BCUT2D eigenvalue weighted by molar-refractivity contribution is 9.08. The first-order chi connectivity index (χ1) is 9.11. The van der Waals surface area contributed by atoms with E-state index in [9.17, 15) is 4.39 Å². The maximum atomic E-state index is 12.9. The summed E-state index contributed by atoms with van der Waals surface area (Å²) >= 11 is 9.65. The molecule has 0 bridgehead atoms. The van der Waals surface area contributed by atoms with Crippen LogP contribution in [0.4, 0.5) is 10.1 Å². The molecule has 2 aromatic rings. The van der Waals surface area contributed by atoms with Crippen LogP contribution in [-0.4, -0.2) is 7.05 Å². The third-order valence-corrected chi connectivity index (χ3v) is 3.89. The van der Waals surface area contributed by atoms with Crippen molar-refractivity contribution in [2.24, 2.45) is 0 Å². The molecule has 0 spiro atoms. The molecule has 0 heterocycles. The van der Waals surface area contributed by atoms with Crippen LogP contribution in [0.3, 0.4) is 0 Å². The number of alkyl halides is 1. The van der Waals surface area contributed by atoms with Crippen molar-refractivity contribution in [2.45, 2.75) is 11.9 Å². The van der Waals surface area contributed by atoms with Gasteiger partial charge in [-0.25, -0.2) is 4.39 Å². The Morgan fingerprint density at radius 1 is 1.16 bits per heavy atom. The second-order valence-corrected chi connectivity index (χ2v) is 5.32. The summed E-state index contributed by atoms with van der Waals surface area (Å²) in [5.74, 6) is -0.213. The van der Waals surface area contributed by atoms with Crippen molar-refractivity contribution >= 4 is 33.2 Å². The Hall–Kier alpha value is -1.06. The molecule has 0 aliphatic rings. The smallest absolute Gasteiger partial charge is 0.123 e. The van der Waals surface area contributed by atoms with Crippen LogP contribution in [0.2, 0.25) is 5.02 Å². The molecule has 1 nitrogen and oxygen atoms in total. The SMILES string of the molecule is CN(Cc1ccc(F)cc1)c1cccc(Cl)c1CBr. The van der Waals surface area contributed by atoms with E-state index >= 15 is 0 Å². The lowest BCUT2D eigenvalue weighted by atomic mass is 10.1. The Balaban J connectivity index is 2.22. The van der Waals surface area contributed by atoms with Crippen molar-refractivity contribution in [1.29, 1.82) is 0 Å². The Morgan fingerprint density at radius 3 is 2.47 bits per heavy atom. The number of benzene rings is 2. The maximum Gasteiger partial charge on any atom is 0.123 e. The van der Waals surface area contributed by atoms with Crippen molar-refractivity contribution in [3.63, 3.8) is 0 Å². The highest BCUT2D eigenvalue weighted by Crippen LogP contribution is 2.29. The van der Waals surface area contributed by atoms with Crippen molar-refractivity contribution in [1.82, 2.24) is 0 Å². The molecule has 0 saturated heterocycles. The number of nitrogens with zero attached hydrogens (tertiary/aromatic N) is 1. The van der Waals surface area contributed by atoms with Gasteiger partial charge in [0.25, 0.3) is 0 Å². The fraction of sp³-hybridized carbons (Fsp3) is 0.200. The van der Waals surface area contributed by atoms with Gasteiger partial charge < -0.3 is 4.90 Å². The minimum atomic E-state index is -0.213. The van der Waals surface area contributed by atoms with Crippen LogP contribution < -0.4 is 4.90 Å². The Morgan fingerprint density at radius 2 is 1.84 bits per heavy atom. The molecule has 0 N–H and O–H groups in total. The lowest BCUT2D eigenvalue weighted by molar-refractivity contribution is 0.627. The van der Waals surface area contributed by atoms with Crippen molar-refractivity contribution in [3.05, 3.63) is 64.4 Å². The van der Waals surface area contributed by atoms with Crippen LogP contribution in [0.5, 0.6) is 0 Å². The van der Waals surface area contributed by atoms with Crippen LogP contribution in [0.25, 0.3) is 0 Å². The van der Waals surface area contributed by atoms with Gasteiger partial charge in [-0.2, -0.15) is 0 Å². The first kappa shape index (κ1) is 14.4. The molecule has 4 heteroatoms. The number of hydrogen-bond donors (Lipinski definition) is 0. The minimum absolute atomic E-state index is 0.213. The molecule has 100 valence electrons. The van der Waals surface area contributed by atoms with E-state index in [4.69, 9.17) is 11.6 Å². The fourth-order valence-electron chi connectivity index (χ4n) is 1.99. The van der Waals surface area contributed by atoms with E-state index in [0.717, 1.165) is 21.8 Å². The molecule has 0 amide bonds. The van der Waals surface area contributed by atoms with E-state index in [1.165, 1.54) is 12.1 Å². The molecule has 2 rings (SSSR count). The van der Waals surface area contributed by atoms with Gasteiger partial charge in [0.15, 0.2) is 0 Å². The number of rotatable bonds is 4. The van der Waals surface area contributed by atoms with Gasteiger partial charge >= 0.3 is 0 Å². The van der Waals surface area contributed by atoms with E-state index in [-0.39, 0.29) is 5.82 Å². The second kappa shape index (κ2) is 6.40. The third-order valence-electron chi connectivity index (χ3n) is 2.97. The normalized spacial score (nSPS) is 10.5. The zero-order valence-corrected chi connectivity index (χ0v) is 12.9. The first-order valence-corrected chi connectivity index (χ1v) is 7.40. The van der Waals surface area contributed by atoms with Gasteiger partial charge in [0.1, 0.15) is 5.82 Å². The quantitative estimate of drug-likeness (QED) is 0.706. The van der Waals surface area contributed by atoms with Crippen molar-refractivity contribution < 1.29 is 4.39 Å². The zero-order chi connectivity index (χ0) is 13.8. The van der Waals surface area contributed by atoms with Crippen molar-refractivity contribution in [3.8, 4) is 0 Å². The third kappa shape index (κ3) is 3.48. The Bertz CT molecular complexity index is 557. The van der Waals surface area contributed by atoms with E-state index < -0.39 is 0 Å². The highest BCUT2D eigenvalue weighted by atomic mass is 79.9. The van der Waals surface area contributed by atoms with Crippen molar-refractivity contribution in [2.75, 3.05) is 11.9 Å². The average molecular weight is 343 g/mol. The predicted octanol–water partition coefficient (Wildman–Crippen LogP) is 5.01. The molecule has 0 aliphatic heterocycles. The molecule has 0 aromatic heterocycles. The van der Waals surface area contributed by atoms with E-state index in [1.54, 1.807) is 12.1 Å². The van der Waals surface area contributed by atoms with Gasteiger partial charge in [-0.05, 0) is 29.8 Å². The molecule has 0 atom stereocenters. The van der Waals surface area contributed by atoms with Gasteiger partial charge in [0.2, 0.25) is 0 Å². The molecule has 0 radical (unpaired) electrons. The molecule has 0 fully saturated rings. The fourth-order valence-corrected chi connectivity index (χ4v) is 2.97. The lowest BCUT2D eigenvalue weighted by Gasteiger charge is -2.22. The first-order valence-electron chi connectivity index (χ1n) is 5.90. The summed E-state index contributed by atoms with van der Waals surface area (Å²) in [5, 5.41) is 1.45. The molecule has 0 unspecified atom stereocenters. The molecule has 19 heavy (non-hydrogen) atoms. The lowest BCUT2D eigenvalue weighted by Crippen LogP contribution is -2.17. The monoisotopic (exact) mass is 341 g/mol. The van der Waals surface area contributed by atoms with E-state index in [0.29, 0.717) is 11.9 Å². The Labute approximate surface area is 126 Å². The molecular formula is C15H14BrClFN. The number of anilines is 1. The zero-order valence-electron chi connectivity index (χ0n) is 10.5. The summed E-state index contributed by atoms with van der Waals surface area (Å²) in [6, 6.07) is 12.4. The average Bonchev–Trinajstić information content (AvgIpc) is 2.41. The standard InChI is InChI=1S/C15H14BrClFN/c1-19(10-11-5-7-12(18)8-6-11)15-4-2-3-14(17)13(15)9-16/h2-8H,9-10H2,1H3. The topological polar surface area (TPSA) is 3.24 Å². The van der Waals surface area contributed by atoms with Crippen LogP contribution in [0.1, 0.15) is 11.1 Å². The summed E-state index contributed by atoms with van der Waals surface area (Å²) < 4.78 is 12.9. The summed E-state index contributed by atoms with van der Waals surface area (Å²) in [6.45, 7) is 0.709. The van der Waals surface area contributed by atoms with E-state index in [1.807, 2.05) is 25.2 Å². The van der Waals surface area contributed by atoms with Gasteiger partial charge in [0.05, 0.1) is 0 Å². The van der Waals surface area contributed by atoms with E-state index in [2.05, 4.69) is 20.8 Å². The van der Waals surface area contributed by atoms with Gasteiger partial charge in [-0.3, -0.25) is 0 Å². The summed E-state index contributed by atoms with van der Waals surface area (Å²) in [6.07, 6.45) is 0. The van der Waals surface area contributed by atoms with Crippen LogP contribution >= 0.6 is 27.5 Å². The summed E-state index contributed by atoms with van der Waals surface area (Å²) in [7, 11) is 2.00. The van der Waals surface area contributed by atoms with Gasteiger partial charge in [0, 0.05) is 35.2 Å². The Kier molecular flexibility index (Phi) is 4.83. The second-order valence-electron chi connectivity index (χ2n) is 4.35. The largest absolute Gasteiger partial charge is 0.370 e. The summed E-state index contributed by atoms with van der Waals surface area (Å²) in [4.78, 5) is 2.11. The van der Waals surface area contributed by atoms with Crippen LogP contribution in [0, 0.1) is 5.82 Å². The van der Waals surface area contributed by atoms with Gasteiger partial charge in [-0.15, -0.1) is 0 Å². The molecule has 0 saturated carbocycles. The molecule has 2 aromatic carbocycles. The van der Waals surface area contributed by atoms with Gasteiger partial charge in [-0.1, -0.05) is 45.7 Å². The molecule has 0 aliphatic carbocycles. The number of halogens is 3.